The first-order valence-corrected chi connectivity index (χ1v) is 10.1. The highest BCUT2D eigenvalue weighted by atomic mass is 79.9. The van der Waals surface area contributed by atoms with Crippen molar-refractivity contribution >= 4 is 50.7 Å². The number of rotatable bonds is 6. The number of benzene rings is 2. The zero-order valence-electron chi connectivity index (χ0n) is 14.0. The van der Waals surface area contributed by atoms with Crippen molar-refractivity contribution in [1.29, 1.82) is 0 Å². The zero-order chi connectivity index (χ0) is 19.2. The molecule has 1 unspecified atom stereocenters. The van der Waals surface area contributed by atoms with E-state index in [1.165, 1.54) is 0 Å². The summed E-state index contributed by atoms with van der Waals surface area (Å²) in [7, 11) is 0. The quantitative estimate of drug-likeness (QED) is 0.508. The first-order valence-electron chi connectivity index (χ1n) is 8.04. The Kier molecular flexibility index (Phi) is 6.66. The Morgan fingerprint density at radius 1 is 1.11 bits per heavy atom. The molecule has 2 aromatic carbocycles. The fraction of sp³-hybridized carbons (Fsp3) is 0.100. The van der Waals surface area contributed by atoms with Gasteiger partial charge in [0.15, 0.2) is 6.61 Å². The summed E-state index contributed by atoms with van der Waals surface area (Å²) in [6.07, 6.45) is 0. The van der Waals surface area contributed by atoms with Crippen molar-refractivity contribution in [3.63, 3.8) is 0 Å². The molecular weight excluding hydrogens is 450 g/mol. The van der Waals surface area contributed by atoms with E-state index in [0.717, 1.165) is 10.4 Å². The van der Waals surface area contributed by atoms with Crippen LogP contribution in [0.2, 0.25) is 5.02 Å². The number of thiophene rings is 1. The monoisotopic (exact) mass is 463 g/mol. The Balaban J connectivity index is 1.66. The fourth-order valence-corrected chi connectivity index (χ4v) is 3.84. The molecule has 3 rings (SSSR count). The van der Waals surface area contributed by atoms with Gasteiger partial charge in [-0.05, 0) is 35.2 Å². The number of ether oxygens (including phenoxy) is 1. The lowest BCUT2D eigenvalue weighted by Gasteiger charge is -2.18. The summed E-state index contributed by atoms with van der Waals surface area (Å²) in [5.74, 6) is -1.04. The third kappa shape index (κ3) is 5.19. The van der Waals surface area contributed by atoms with E-state index in [1.54, 1.807) is 29.5 Å². The second-order valence-corrected chi connectivity index (χ2v) is 7.93. The van der Waals surface area contributed by atoms with Crippen LogP contribution in [0.5, 0.6) is 0 Å². The summed E-state index contributed by atoms with van der Waals surface area (Å²) in [6, 6.07) is 18.1. The molecule has 0 radical (unpaired) electrons. The minimum atomic E-state index is -0.649. The number of amides is 1. The molecule has 3 aromatic rings. The van der Waals surface area contributed by atoms with Crippen LogP contribution in [-0.2, 0) is 9.53 Å². The van der Waals surface area contributed by atoms with Crippen LogP contribution in [0.15, 0.2) is 70.5 Å². The summed E-state index contributed by atoms with van der Waals surface area (Å²) in [5.41, 5.74) is 1.16. The number of nitrogens with one attached hydrogen (secondary N) is 1. The minimum Gasteiger partial charge on any atom is -0.452 e. The molecule has 0 bridgehead atoms. The standard InChI is InChI=1S/C20H15BrClNO3S/c21-14-8-9-16(22)15(11-14)20(25)26-12-18(24)23-19(17-7-4-10-27-17)13-5-2-1-3-6-13/h1-11,19H,12H2,(H,23,24). The third-order valence-corrected chi connectivity index (χ3v) is 5.51. The minimum absolute atomic E-state index is 0.205. The molecule has 0 saturated heterocycles. The molecule has 0 saturated carbocycles. The second-order valence-electron chi connectivity index (χ2n) is 5.63. The van der Waals surface area contributed by atoms with E-state index in [4.69, 9.17) is 16.3 Å². The van der Waals surface area contributed by atoms with Crippen molar-refractivity contribution < 1.29 is 14.3 Å². The number of carbonyl (C=O) groups excluding carboxylic acids is 2. The second kappa shape index (κ2) is 9.17. The molecule has 0 aliphatic carbocycles. The third-order valence-electron chi connectivity index (χ3n) is 3.75. The lowest BCUT2D eigenvalue weighted by Crippen LogP contribution is -2.32. The number of esters is 1. The molecule has 1 heterocycles. The van der Waals surface area contributed by atoms with Gasteiger partial charge in [0.2, 0.25) is 0 Å². The highest BCUT2D eigenvalue weighted by molar-refractivity contribution is 9.10. The van der Waals surface area contributed by atoms with E-state index in [1.807, 2.05) is 47.8 Å². The Morgan fingerprint density at radius 2 is 1.89 bits per heavy atom. The number of hydrogen-bond acceptors (Lipinski definition) is 4. The lowest BCUT2D eigenvalue weighted by atomic mass is 10.1. The first-order chi connectivity index (χ1) is 13.0. The topological polar surface area (TPSA) is 55.4 Å². The van der Waals surface area contributed by atoms with Gasteiger partial charge >= 0.3 is 5.97 Å². The van der Waals surface area contributed by atoms with Gasteiger partial charge in [0, 0.05) is 9.35 Å². The molecular formula is C20H15BrClNO3S. The Morgan fingerprint density at radius 3 is 2.59 bits per heavy atom. The molecule has 1 atom stereocenters. The van der Waals surface area contributed by atoms with Gasteiger partial charge < -0.3 is 10.1 Å². The molecule has 0 aliphatic heterocycles. The zero-order valence-corrected chi connectivity index (χ0v) is 17.2. The molecule has 27 heavy (non-hydrogen) atoms. The van der Waals surface area contributed by atoms with E-state index >= 15 is 0 Å². The molecule has 0 spiro atoms. The highest BCUT2D eigenvalue weighted by Gasteiger charge is 2.19. The van der Waals surface area contributed by atoms with Gasteiger partial charge in [-0.3, -0.25) is 4.79 Å². The summed E-state index contributed by atoms with van der Waals surface area (Å²) in [4.78, 5) is 25.6. The van der Waals surface area contributed by atoms with Crippen molar-refractivity contribution in [1.82, 2.24) is 5.32 Å². The van der Waals surface area contributed by atoms with E-state index in [9.17, 15) is 9.59 Å². The van der Waals surface area contributed by atoms with Crippen molar-refractivity contribution in [2.24, 2.45) is 0 Å². The fourth-order valence-electron chi connectivity index (χ4n) is 2.49. The smallest absolute Gasteiger partial charge is 0.340 e. The summed E-state index contributed by atoms with van der Waals surface area (Å²) in [5, 5.41) is 5.14. The summed E-state index contributed by atoms with van der Waals surface area (Å²) >= 11 is 10.8. The number of carbonyl (C=O) groups is 2. The normalized spacial score (nSPS) is 11.6. The van der Waals surface area contributed by atoms with Gasteiger partial charge in [-0.1, -0.05) is 63.9 Å². The van der Waals surface area contributed by atoms with Crippen molar-refractivity contribution in [2.45, 2.75) is 6.04 Å². The molecule has 0 aliphatic rings. The van der Waals surface area contributed by atoms with E-state index in [2.05, 4.69) is 21.2 Å². The molecule has 138 valence electrons. The number of hydrogen-bond donors (Lipinski definition) is 1. The van der Waals surface area contributed by atoms with Crippen LogP contribution < -0.4 is 5.32 Å². The van der Waals surface area contributed by atoms with Crippen LogP contribution in [0.1, 0.15) is 26.8 Å². The maximum atomic E-state index is 12.4. The Hall–Kier alpha value is -2.15. The van der Waals surface area contributed by atoms with Gasteiger partial charge in [-0.2, -0.15) is 0 Å². The molecule has 1 amide bonds. The highest BCUT2D eigenvalue weighted by Crippen LogP contribution is 2.26. The maximum absolute atomic E-state index is 12.4. The van der Waals surface area contributed by atoms with Crippen LogP contribution in [0, 0.1) is 0 Å². The summed E-state index contributed by atoms with van der Waals surface area (Å²) in [6.45, 7) is -0.392. The van der Waals surface area contributed by atoms with E-state index < -0.39 is 18.5 Å². The average Bonchev–Trinajstić information content (AvgIpc) is 3.21. The van der Waals surface area contributed by atoms with Crippen LogP contribution in [0.3, 0.4) is 0 Å². The van der Waals surface area contributed by atoms with Crippen molar-refractivity contribution in [2.75, 3.05) is 6.61 Å². The average molecular weight is 465 g/mol. The molecule has 1 N–H and O–H groups in total. The van der Waals surface area contributed by atoms with Crippen LogP contribution >= 0.6 is 38.9 Å². The van der Waals surface area contributed by atoms with Crippen LogP contribution in [-0.4, -0.2) is 18.5 Å². The SMILES string of the molecule is O=C(COC(=O)c1cc(Br)ccc1Cl)NC(c1ccccc1)c1cccs1. The van der Waals surface area contributed by atoms with Gasteiger partial charge in [0.1, 0.15) is 0 Å². The van der Waals surface area contributed by atoms with Crippen LogP contribution in [0.25, 0.3) is 0 Å². The molecule has 1 aromatic heterocycles. The van der Waals surface area contributed by atoms with Gasteiger partial charge in [-0.15, -0.1) is 11.3 Å². The predicted molar refractivity (Wildman–Crippen MR) is 110 cm³/mol. The maximum Gasteiger partial charge on any atom is 0.340 e. The van der Waals surface area contributed by atoms with Crippen molar-refractivity contribution in [3.05, 3.63) is 91.5 Å². The largest absolute Gasteiger partial charge is 0.452 e. The van der Waals surface area contributed by atoms with Crippen LogP contribution in [0.4, 0.5) is 0 Å². The predicted octanol–water partition coefficient (Wildman–Crippen LogP) is 5.23. The van der Waals surface area contributed by atoms with Gasteiger partial charge in [0.25, 0.3) is 5.91 Å². The first kappa shape index (κ1) is 19.6. The number of halogens is 2. The lowest BCUT2D eigenvalue weighted by molar-refractivity contribution is -0.124. The van der Waals surface area contributed by atoms with Crippen molar-refractivity contribution in [3.8, 4) is 0 Å². The Labute approximate surface area is 174 Å². The molecule has 7 heteroatoms. The van der Waals surface area contributed by atoms with E-state index in [0.29, 0.717) is 4.47 Å². The molecule has 0 fully saturated rings. The van der Waals surface area contributed by atoms with Gasteiger partial charge in [-0.25, -0.2) is 4.79 Å². The summed E-state index contributed by atoms with van der Waals surface area (Å²) < 4.78 is 5.83. The molecule has 4 nitrogen and oxygen atoms in total. The Bertz CT molecular complexity index is 932. The van der Waals surface area contributed by atoms with E-state index in [-0.39, 0.29) is 16.6 Å². The van der Waals surface area contributed by atoms with Gasteiger partial charge in [0.05, 0.1) is 16.6 Å².